The fraction of sp³-hybridized carbons (Fsp3) is 0.538. The standard InChI is InChI=1S/C13H20ClNO/c1-9-10(2)13(16-4)6-5-11(9)12(15-3)7-8-14/h5-6,12,15H,7-8H2,1-4H3. The molecule has 0 aromatic heterocycles. The molecule has 0 saturated carbocycles. The van der Waals surface area contributed by atoms with Gasteiger partial charge in [0.15, 0.2) is 0 Å². The minimum absolute atomic E-state index is 0.321. The zero-order valence-corrected chi connectivity index (χ0v) is 11.2. The normalized spacial score (nSPS) is 12.6. The summed E-state index contributed by atoms with van der Waals surface area (Å²) in [5.74, 6) is 1.61. The Kier molecular flexibility index (Phi) is 5.10. The first-order chi connectivity index (χ1) is 7.65. The molecule has 0 saturated heterocycles. The minimum atomic E-state index is 0.321. The van der Waals surface area contributed by atoms with Gasteiger partial charge in [-0.2, -0.15) is 0 Å². The molecule has 0 heterocycles. The van der Waals surface area contributed by atoms with Crippen LogP contribution in [0.1, 0.15) is 29.2 Å². The van der Waals surface area contributed by atoms with E-state index in [4.69, 9.17) is 16.3 Å². The lowest BCUT2D eigenvalue weighted by Gasteiger charge is -2.20. The fourth-order valence-electron chi connectivity index (χ4n) is 1.98. The zero-order valence-electron chi connectivity index (χ0n) is 10.4. The van der Waals surface area contributed by atoms with Crippen LogP contribution in [0.25, 0.3) is 0 Å². The Morgan fingerprint density at radius 1 is 1.31 bits per heavy atom. The Balaban J connectivity index is 3.09. The Hall–Kier alpha value is -0.730. The molecule has 1 atom stereocenters. The molecule has 90 valence electrons. The van der Waals surface area contributed by atoms with Gasteiger partial charge in [-0.1, -0.05) is 6.07 Å². The van der Waals surface area contributed by atoms with E-state index in [2.05, 4.69) is 25.2 Å². The lowest BCUT2D eigenvalue weighted by molar-refractivity contribution is 0.410. The third-order valence-corrected chi connectivity index (χ3v) is 3.34. The van der Waals surface area contributed by atoms with Crippen molar-refractivity contribution in [1.82, 2.24) is 5.32 Å². The number of alkyl halides is 1. The van der Waals surface area contributed by atoms with E-state index < -0.39 is 0 Å². The van der Waals surface area contributed by atoms with E-state index in [1.807, 2.05) is 13.1 Å². The number of benzene rings is 1. The zero-order chi connectivity index (χ0) is 12.1. The van der Waals surface area contributed by atoms with Crippen LogP contribution in [0.15, 0.2) is 12.1 Å². The van der Waals surface area contributed by atoms with Gasteiger partial charge in [0.05, 0.1) is 7.11 Å². The number of halogens is 1. The van der Waals surface area contributed by atoms with Gasteiger partial charge in [-0.05, 0) is 50.1 Å². The van der Waals surface area contributed by atoms with Crippen molar-refractivity contribution in [3.8, 4) is 5.75 Å². The van der Waals surface area contributed by atoms with Gasteiger partial charge in [0, 0.05) is 11.9 Å². The predicted octanol–water partition coefficient (Wildman–Crippen LogP) is 3.20. The van der Waals surface area contributed by atoms with Crippen LogP contribution in [0.3, 0.4) is 0 Å². The summed E-state index contributed by atoms with van der Waals surface area (Å²) in [7, 11) is 3.67. The second-order valence-electron chi connectivity index (χ2n) is 3.93. The summed E-state index contributed by atoms with van der Waals surface area (Å²) in [6.07, 6.45) is 0.935. The first-order valence-electron chi connectivity index (χ1n) is 5.53. The number of methoxy groups -OCH3 is 1. The van der Waals surface area contributed by atoms with Crippen molar-refractivity contribution in [2.45, 2.75) is 26.3 Å². The molecule has 1 unspecified atom stereocenters. The summed E-state index contributed by atoms with van der Waals surface area (Å²) in [6, 6.07) is 4.47. The number of hydrogen-bond donors (Lipinski definition) is 1. The maximum absolute atomic E-state index is 5.81. The summed E-state index contributed by atoms with van der Waals surface area (Å²) < 4.78 is 5.31. The molecule has 0 aliphatic heterocycles. The summed E-state index contributed by atoms with van der Waals surface area (Å²) in [5.41, 5.74) is 3.79. The Morgan fingerprint density at radius 2 is 2.00 bits per heavy atom. The highest BCUT2D eigenvalue weighted by Crippen LogP contribution is 2.29. The summed E-state index contributed by atoms with van der Waals surface area (Å²) in [4.78, 5) is 0. The molecule has 16 heavy (non-hydrogen) atoms. The Bertz CT molecular complexity index is 352. The number of ether oxygens (including phenoxy) is 1. The second-order valence-corrected chi connectivity index (χ2v) is 4.30. The summed E-state index contributed by atoms with van der Waals surface area (Å²) in [5, 5.41) is 3.30. The van der Waals surface area contributed by atoms with E-state index in [1.165, 1.54) is 16.7 Å². The molecule has 1 N–H and O–H groups in total. The maximum atomic E-state index is 5.81. The SMILES string of the molecule is CNC(CCCl)c1ccc(OC)c(C)c1C. The Labute approximate surface area is 103 Å². The van der Waals surface area contributed by atoms with Crippen LogP contribution in [-0.4, -0.2) is 20.0 Å². The van der Waals surface area contributed by atoms with E-state index in [9.17, 15) is 0 Å². The topological polar surface area (TPSA) is 21.3 Å². The largest absolute Gasteiger partial charge is 0.496 e. The average Bonchev–Trinajstić information content (AvgIpc) is 2.30. The number of nitrogens with one attached hydrogen (secondary N) is 1. The van der Waals surface area contributed by atoms with Crippen molar-refractivity contribution in [3.05, 3.63) is 28.8 Å². The predicted molar refractivity (Wildman–Crippen MR) is 69.6 cm³/mol. The lowest BCUT2D eigenvalue weighted by Crippen LogP contribution is -2.18. The van der Waals surface area contributed by atoms with E-state index in [-0.39, 0.29) is 0 Å². The van der Waals surface area contributed by atoms with Gasteiger partial charge in [0.1, 0.15) is 5.75 Å². The molecule has 0 radical (unpaired) electrons. The van der Waals surface area contributed by atoms with E-state index in [0.717, 1.165) is 12.2 Å². The van der Waals surface area contributed by atoms with Crippen LogP contribution in [0.4, 0.5) is 0 Å². The first kappa shape index (κ1) is 13.3. The van der Waals surface area contributed by atoms with Crippen LogP contribution < -0.4 is 10.1 Å². The summed E-state index contributed by atoms with van der Waals surface area (Å²) in [6.45, 7) is 4.22. The number of rotatable bonds is 5. The second kappa shape index (κ2) is 6.12. The molecular formula is C13H20ClNO. The molecule has 3 heteroatoms. The van der Waals surface area contributed by atoms with Crippen LogP contribution in [-0.2, 0) is 0 Å². The maximum Gasteiger partial charge on any atom is 0.122 e. The van der Waals surface area contributed by atoms with E-state index in [1.54, 1.807) is 7.11 Å². The third-order valence-electron chi connectivity index (χ3n) is 3.12. The van der Waals surface area contributed by atoms with E-state index in [0.29, 0.717) is 11.9 Å². The monoisotopic (exact) mass is 241 g/mol. The molecule has 0 bridgehead atoms. The molecule has 1 rings (SSSR count). The third kappa shape index (κ3) is 2.69. The molecule has 0 fully saturated rings. The van der Waals surface area contributed by atoms with E-state index >= 15 is 0 Å². The first-order valence-corrected chi connectivity index (χ1v) is 6.06. The van der Waals surface area contributed by atoms with Gasteiger partial charge in [-0.25, -0.2) is 0 Å². The van der Waals surface area contributed by atoms with Crippen molar-refractivity contribution in [2.24, 2.45) is 0 Å². The molecule has 1 aromatic carbocycles. The quantitative estimate of drug-likeness (QED) is 0.800. The number of hydrogen-bond acceptors (Lipinski definition) is 2. The molecule has 2 nitrogen and oxygen atoms in total. The Morgan fingerprint density at radius 3 is 2.50 bits per heavy atom. The highest BCUT2D eigenvalue weighted by molar-refractivity contribution is 6.17. The molecule has 0 aliphatic carbocycles. The van der Waals surface area contributed by atoms with Crippen LogP contribution in [0, 0.1) is 13.8 Å². The minimum Gasteiger partial charge on any atom is -0.496 e. The van der Waals surface area contributed by atoms with Gasteiger partial charge in [-0.3, -0.25) is 0 Å². The van der Waals surface area contributed by atoms with Gasteiger partial charge < -0.3 is 10.1 Å². The van der Waals surface area contributed by atoms with Crippen molar-refractivity contribution in [1.29, 1.82) is 0 Å². The van der Waals surface area contributed by atoms with Crippen molar-refractivity contribution in [3.63, 3.8) is 0 Å². The van der Waals surface area contributed by atoms with Gasteiger partial charge in [0.2, 0.25) is 0 Å². The smallest absolute Gasteiger partial charge is 0.122 e. The molecular weight excluding hydrogens is 222 g/mol. The highest BCUT2D eigenvalue weighted by Gasteiger charge is 2.14. The lowest BCUT2D eigenvalue weighted by atomic mass is 9.95. The van der Waals surface area contributed by atoms with Crippen LogP contribution in [0.2, 0.25) is 0 Å². The average molecular weight is 242 g/mol. The van der Waals surface area contributed by atoms with Crippen LogP contribution >= 0.6 is 11.6 Å². The van der Waals surface area contributed by atoms with Gasteiger partial charge >= 0.3 is 0 Å². The van der Waals surface area contributed by atoms with Crippen molar-refractivity contribution >= 4 is 11.6 Å². The van der Waals surface area contributed by atoms with Crippen LogP contribution in [0.5, 0.6) is 5.75 Å². The molecule has 0 aliphatic rings. The molecule has 0 amide bonds. The molecule has 0 spiro atoms. The van der Waals surface area contributed by atoms with Crippen molar-refractivity contribution < 1.29 is 4.74 Å². The highest BCUT2D eigenvalue weighted by atomic mass is 35.5. The van der Waals surface area contributed by atoms with Gasteiger partial charge in [0.25, 0.3) is 0 Å². The van der Waals surface area contributed by atoms with Gasteiger partial charge in [-0.15, -0.1) is 11.6 Å². The summed E-state index contributed by atoms with van der Waals surface area (Å²) >= 11 is 5.81. The van der Waals surface area contributed by atoms with Crippen molar-refractivity contribution in [2.75, 3.05) is 20.0 Å². The molecule has 1 aromatic rings. The fourth-order valence-corrected chi connectivity index (χ4v) is 2.20.